The minimum absolute atomic E-state index is 0.0409. The van der Waals surface area contributed by atoms with Crippen molar-refractivity contribution in [3.63, 3.8) is 0 Å². The highest BCUT2D eigenvalue weighted by molar-refractivity contribution is 9.10. The Morgan fingerprint density at radius 2 is 2.16 bits per heavy atom. The van der Waals surface area contributed by atoms with Crippen LogP contribution < -0.4 is 5.32 Å². The molecular weight excluding hydrogens is 308 g/mol. The number of hydrogen-bond donors (Lipinski definition) is 1. The molecule has 0 bridgehead atoms. The van der Waals surface area contributed by atoms with E-state index in [0.29, 0.717) is 18.7 Å². The summed E-state index contributed by atoms with van der Waals surface area (Å²) in [5, 5.41) is 2.91. The quantitative estimate of drug-likeness (QED) is 0.833. The Balaban J connectivity index is 2.37. The van der Waals surface area contributed by atoms with Gasteiger partial charge in [0.25, 0.3) is 5.91 Å². The van der Waals surface area contributed by atoms with Crippen LogP contribution in [0, 0.1) is 6.92 Å². The summed E-state index contributed by atoms with van der Waals surface area (Å²) < 4.78 is 5.96. The van der Waals surface area contributed by atoms with Gasteiger partial charge in [0.1, 0.15) is 0 Å². The summed E-state index contributed by atoms with van der Waals surface area (Å²) in [5.74, 6) is -0.0409. The molecule has 0 aliphatic carbocycles. The van der Waals surface area contributed by atoms with Gasteiger partial charge in [0.15, 0.2) is 0 Å². The molecule has 4 nitrogen and oxygen atoms in total. The Morgan fingerprint density at radius 3 is 2.79 bits per heavy atom. The van der Waals surface area contributed by atoms with Crippen LogP contribution in [-0.2, 0) is 4.74 Å². The van der Waals surface area contributed by atoms with Crippen LogP contribution in [-0.4, -0.2) is 51.2 Å². The van der Waals surface area contributed by atoms with E-state index in [1.165, 1.54) is 0 Å². The van der Waals surface area contributed by atoms with E-state index in [2.05, 4.69) is 26.1 Å². The van der Waals surface area contributed by atoms with E-state index >= 15 is 0 Å². The Hall–Kier alpha value is -0.910. The zero-order chi connectivity index (χ0) is 14.3. The second-order valence-corrected chi connectivity index (χ2v) is 5.37. The molecule has 0 fully saturated rings. The third kappa shape index (κ3) is 5.72. The van der Waals surface area contributed by atoms with Crippen LogP contribution in [0.4, 0.5) is 0 Å². The summed E-state index contributed by atoms with van der Waals surface area (Å²) in [6.45, 7) is 5.00. The first-order valence-corrected chi connectivity index (χ1v) is 7.05. The van der Waals surface area contributed by atoms with Gasteiger partial charge in [-0.25, -0.2) is 0 Å². The maximum absolute atomic E-state index is 11.9. The fraction of sp³-hybridized carbons (Fsp3) is 0.500. The summed E-state index contributed by atoms with van der Waals surface area (Å²) >= 11 is 3.43. The number of hydrogen-bond acceptors (Lipinski definition) is 3. The number of likely N-dealkylation sites (N-methyl/N-ethyl adjacent to an activating group) is 1. The number of methoxy groups -OCH3 is 1. The zero-order valence-corrected chi connectivity index (χ0v) is 13.3. The number of amides is 1. The molecule has 0 unspecified atom stereocenters. The lowest BCUT2D eigenvalue weighted by molar-refractivity contribution is 0.0947. The molecule has 19 heavy (non-hydrogen) atoms. The van der Waals surface area contributed by atoms with Gasteiger partial charge in [-0.1, -0.05) is 22.0 Å². The van der Waals surface area contributed by atoms with Crippen LogP contribution in [0.25, 0.3) is 0 Å². The van der Waals surface area contributed by atoms with Crippen LogP contribution in [0.1, 0.15) is 15.9 Å². The van der Waals surface area contributed by atoms with Gasteiger partial charge >= 0.3 is 0 Å². The lowest BCUT2D eigenvalue weighted by Crippen LogP contribution is -2.34. The Kier molecular flexibility index (Phi) is 7.05. The Morgan fingerprint density at radius 1 is 1.42 bits per heavy atom. The number of ether oxygens (including phenoxy) is 1. The minimum atomic E-state index is -0.0409. The summed E-state index contributed by atoms with van der Waals surface area (Å²) in [4.78, 5) is 14.0. The number of nitrogens with one attached hydrogen (secondary N) is 1. The van der Waals surface area contributed by atoms with Crippen molar-refractivity contribution in [1.82, 2.24) is 10.2 Å². The monoisotopic (exact) mass is 328 g/mol. The molecule has 1 aromatic carbocycles. The molecule has 106 valence electrons. The molecule has 1 rings (SSSR count). The topological polar surface area (TPSA) is 41.6 Å². The first-order chi connectivity index (χ1) is 9.04. The third-order valence-corrected chi connectivity index (χ3v) is 3.74. The molecule has 0 aliphatic heterocycles. The number of carbonyl (C=O) groups excluding carboxylic acids is 1. The van der Waals surface area contributed by atoms with E-state index < -0.39 is 0 Å². The van der Waals surface area contributed by atoms with Gasteiger partial charge in [0, 0.05) is 36.8 Å². The first-order valence-electron chi connectivity index (χ1n) is 6.26. The van der Waals surface area contributed by atoms with Gasteiger partial charge in [-0.3, -0.25) is 4.79 Å². The molecule has 5 heteroatoms. The number of nitrogens with zero attached hydrogens (tertiary/aromatic N) is 1. The van der Waals surface area contributed by atoms with Crippen LogP contribution in [0.3, 0.4) is 0 Å². The van der Waals surface area contributed by atoms with Crippen molar-refractivity contribution in [2.45, 2.75) is 6.92 Å². The Bertz CT molecular complexity index is 424. The second-order valence-electron chi connectivity index (χ2n) is 4.52. The SMILES string of the molecule is COCCN(C)CCNC(=O)c1ccc(C)c(Br)c1. The number of benzene rings is 1. The molecular formula is C14H21BrN2O2. The smallest absolute Gasteiger partial charge is 0.251 e. The normalized spacial score (nSPS) is 10.8. The zero-order valence-electron chi connectivity index (χ0n) is 11.7. The van der Waals surface area contributed by atoms with Crippen molar-refractivity contribution in [2.24, 2.45) is 0 Å². The largest absolute Gasteiger partial charge is 0.383 e. The predicted molar refractivity (Wildman–Crippen MR) is 80.6 cm³/mol. The molecule has 0 aromatic heterocycles. The molecule has 0 atom stereocenters. The van der Waals surface area contributed by atoms with Gasteiger partial charge in [-0.15, -0.1) is 0 Å². The molecule has 1 amide bonds. The summed E-state index contributed by atoms with van der Waals surface area (Å²) in [7, 11) is 3.69. The van der Waals surface area contributed by atoms with Gasteiger partial charge < -0.3 is 15.0 Å². The Labute approximate surface area is 123 Å². The van der Waals surface area contributed by atoms with E-state index in [4.69, 9.17) is 4.74 Å². The number of halogens is 1. The van der Waals surface area contributed by atoms with Crippen molar-refractivity contribution in [1.29, 1.82) is 0 Å². The molecule has 1 N–H and O–H groups in total. The van der Waals surface area contributed by atoms with Gasteiger partial charge in [-0.2, -0.15) is 0 Å². The molecule has 1 aromatic rings. The fourth-order valence-electron chi connectivity index (χ4n) is 1.56. The van der Waals surface area contributed by atoms with E-state index in [9.17, 15) is 4.79 Å². The second kappa shape index (κ2) is 8.30. The maximum atomic E-state index is 11.9. The van der Waals surface area contributed by atoms with E-state index in [-0.39, 0.29) is 5.91 Å². The average Bonchev–Trinajstić information content (AvgIpc) is 2.39. The van der Waals surface area contributed by atoms with E-state index in [1.54, 1.807) is 7.11 Å². The predicted octanol–water partition coefficient (Wildman–Crippen LogP) is 2.07. The van der Waals surface area contributed by atoms with Gasteiger partial charge in [0.05, 0.1) is 6.61 Å². The molecule has 0 radical (unpaired) electrons. The summed E-state index contributed by atoms with van der Waals surface area (Å²) in [6, 6.07) is 5.62. The lowest BCUT2D eigenvalue weighted by Gasteiger charge is -2.16. The van der Waals surface area contributed by atoms with E-state index in [1.807, 2.05) is 32.2 Å². The van der Waals surface area contributed by atoms with Crippen LogP contribution in [0.2, 0.25) is 0 Å². The van der Waals surface area contributed by atoms with Gasteiger partial charge in [-0.05, 0) is 31.7 Å². The van der Waals surface area contributed by atoms with Gasteiger partial charge in [0.2, 0.25) is 0 Å². The molecule has 0 heterocycles. The summed E-state index contributed by atoms with van der Waals surface area (Å²) in [5.41, 5.74) is 1.80. The highest BCUT2D eigenvalue weighted by Gasteiger charge is 2.07. The van der Waals surface area contributed by atoms with Crippen LogP contribution in [0.15, 0.2) is 22.7 Å². The molecule has 0 saturated heterocycles. The molecule has 0 spiro atoms. The first kappa shape index (κ1) is 16.1. The maximum Gasteiger partial charge on any atom is 0.251 e. The molecule has 0 saturated carbocycles. The van der Waals surface area contributed by atoms with Crippen molar-refractivity contribution in [2.75, 3.05) is 40.4 Å². The average molecular weight is 329 g/mol. The van der Waals surface area contributed by atoms with Crippen LogP contribution >= 0.6 is 15.9 Å². The van der Waals surface area contributed by atoms with E-state index in [0.717, 1.165) is 23.1 Å². The number of rotatable bonds is 7. The standard InChI is InChI=1S/C14H21BrN2O2/c1-11-4-5-12(10-13(11)15)14(18)16-6-7-17(2)8-9-19-3/h4-5,10H,6-9H2,1-3H3,(H,16,18). The number of carbonyl (C=O) groups is 1. The van der Waals surface area contributed by atoms with Crippen LogP contribution in [0.5, 0.6) is 0 Å². The minimum Gasteiger partial charge on any atom is -0.383 e. The van der Waals surface area contributed by atoms with Crippen molar-refractivity contribution in [3.8, 4) is 0 Å². The van der Waals surface area contributed by atoms with Crippen molar-refractivity contribution in [3.05, 3.63) is 33.8 Å². The highest BCUT2D eigenvalue weighted by atomic mass is 79.9. The fourth-order valence-corrected chi connectivity index (χ4v) is 1.93. The molecule has 0 aliphatic rings. The summed E-state index contributed by atoms with van der Waals surface area (Å²) in [6.07, 6.45) is 0. The highest BCUT2D eigenvalue weighted by Crippen LogP contribution is 2.17. The third-order valence-electron chi connectivity index (χ3n) is 2.89. The van der Waals surface area contributed by atoms with Crippen molar-refractivity contribution < 1.29 is 9.53 Å². The van der Waals surface area contributed by atoms with Crippen molar-refractivity contribution >= 4 is 21.8 Å². The lowest BCUT2D eigenvalue weighted by atomic mass is 10.1. The number of aryl methyl sites for hydroxylation is 1.